The second kappa shape index (κ2) is 5.62. The van der Waals surface area contributed by atoms with Crippen LogP contribution in [0.5, 0.6) is 0 Å². The van der Waals surface area contributed by atoms with Gasteiger partial charge in [0.05, 0.1) is 12.1 Å². The zero-order valence-corrected chi connectivity index (χ0v) is 10.3. The lowest BCUT2D eigenvalue weighted by atomic mass is 10.1. The molecule has 1 saturated heterocycles. The molecule has 5 nitrogen and oxygen atoms in total. The van der Waals surface area contributed by atoms with Gasteiger partial charge in [0.2, 0.25) is 5.91 Å². The summed E-state index contributed by atoms with van der Waals surface area (Å²) >= 11 is 0. The fraction of sp³-hybridized carbons (Fsp3) is 0.462. The molecule has 0 atom stereocenters. The highest BCUT2D eigenvalue weighted by Crippen LogP contribution is 2.10. The number of amides is 2. The first kappa shape index (κ1) is 12.5. The Balaban J connectivity index is 2.02. The Kier molecular flexibility index (Phi) is 3.92. The summed E-state index contributed by atoms with van der Waals surface area (Å²) in [5.74, 6) is -0.494. The number of aromatic nitrogens is 1. The SMILES string of the molecule is NC(=O)c1cccc(CC(=O)N2CCCCC2)n1. The predicted molar refractivity (Wildman–Crippen MR) is 66.9 cm³/mol. The van der Waals surface area contributed by atoms with Crippen LogP contribution >= 0.6 is 0 Å². The van der Waals surface area contributed by atoms with Crippen molar-refractivity contribution < 1.29 is 9.59 Å². The summed E-state index contributed by atoms with van der Waals surface area (Å²) in [6.07, 6.45) is 3.57. The quantitative estimate of drug-likeness (QED) is 0.855. The number of rotatable bonds is 3. The first-order chi connectivity index (χ1) is 8.66. The molecule has 0 aromatic carbocycles. The Morgan fingerprint density at radius 2 is 1.94 bits per heavy atom. The van der Waals surface area contributed by atoms with Crippen molar-refractivity contribution >= 4 is 11.8 Å². The minimum atomic E-state index is -0.567. The van der Waals surface area contributed by atoms with E-state index in [0.29, 0.717) is 5.69 Å². The molecule has 0 unspecified atom stereocenters. The van der Waals surface area contributed by atoms with E-state index in [1.54, 1.807) is 18.2 Å². The average Bonchev–Trinajstić information content (AvgIpc) is 2.40. The fourth-order valence-corrected chi connectivity index (χ4v) is 2.13. The van der Waals surface area contributed by atoms with Crippen LogP contribution in [0, 0.1) is 0 Å². The van der Waals surface area contributed by atoms with Gasteiger partial charge in [-0.25, -0.2) is 4.98 Å². The number of hydrogen-bond donors (Lipinski definition) is 1. The van der Waals surface area contributed by atoms with E-state index < -0.39 is 5.91 Å². The molecule has 0 bridgehead atoms. The first-order valence-corrected chi connectivity index (χ1v) is 6.20. The highest BCUT2D eigenvalue weighted by molar-refractivity contribution is 5.90. The van der Waals surface area contributed by atoms with Crippen molar-refractivity contribution in [1.82, 2.24) is 9.88 Å². The molecule has 18 heavy (non-hydrogen) atoms. The number of carbonyl (C=O) groups excluding carboxylic acids is 2. The monoisotopic (exact) mass is 247 g/mol. The largest absolute Gasteiger partial charge is 0.364 e. The molecule has 1 aromatic heterocycles. The van der Waals surface area contributed by atoms with Gasteiger partial charge in [-0.2, -0.15) is 0 Å². The number of hydrogen-bond acceptors (Lipinski definition) is 3. The molecule has 96 valence electrons. The summed E-state index contributed by atoms with van der Waals surface area (Å²) < 4.78 is 0. The minimum absolute atomic E-state index is 0.0730. The topological polar surface area (TPSA) is 76.3 Å². The summed E-state index contributed by atoms with van der Waals surface area (Å²) in [6, 6.07) is 5.00. The van der Waals surface area contributed by atoms with Crippen LogP contribution in [0.3, 0.4) is 0 Å². The number of pyridine rings is 1. The van der Waals surface area contributed by atoms with Gasteiger partial charge in [0.1, 0.15) is 5.69 Å². The van der Waals surface area contributed by atoms with Crippen LogP contribution in [0.1, 0.15) is 35.4 Å². The third-order valence-corrected chi connectivity index (χ3v) is 3.10. The van der Waals surface area contributed by atoms with E-state index in [1.165, 1.54) is 6.42 Å². The van der Waals surface area contributed by atoms with Crippen LogP contribution in [0.15, 0.2) is 18.2 Å². The smallest absolute Gasteiger partial charge is 0.267 e. The van der Waals surface area contributed by atoms with Gasteiger partial charge in [0, 0.05) is 13.1 Å². The molecule has 0 aliphatic carbocycles. The lowest BCUT2D eigenvalue weighted by Gasteiger charge is -2.26. The van der Waals surface area contributed by atoms with Gasteiger partial charge in [-0.1, -0.05) is 6.07 Å². The van der Waals surface area contributed by atoms with Gasteiger partial charge in [0.25, 0.3) is 5.91 Å². The maximum atomic E-state index is 12.0. The van der Waals surface area contributed by atoms with Crippen molar-refractivity contribution in [3.63, 3.8) is 0 Å². The molecule has 1 aromatic rings. The van der Waals surface area contributed by atoms with Crippen molar-refractivity contribution in [2.75, 3.05) is 13.1 Å². The average molecular weight is 247 g/mol. The molecule has 1 fully saturated rings. The van der Waals surface area contributed by atoms with Crippen LogP contribution in [0.2, 0.25) is 0 Å². The van der Waals surface area contributed by atoms with Crippen LogP contribution in [-0.4, -0.2) is 34.8 Å². The number of primary amides is 1. The molecule has 0 saturated carbocycles. The van der Waals surface area contributed by atoms with E-state index in [-0.39, 0.29) is 18.0 Å². The molecule has 1 aliphatic heterocycles. The normalized spacial score (nSPS) is 15.4. The van der Waals surface area contributed by atoms with Gasteiger partial charge in [0.15, 0.2) is 0 Å². The minimum Gasteiger partial charge on any atom is -0.364 e. The number of carbonyl (C=O) groups is 2. The lowest BCUT2D eigenvalue weighted by molar-refractivity contribution is -0.131. The second-order valence-corrected chi connectivity index (χ2v) is 4.50. The third-order valence-electron chi connectivity index (χ3n) is 3.10. The summed E-state index contributed by atoms with van der Waals surface area (Å²) in [7, 11) is 0. The molecular formula is C13H17N3O2. The molecule has 1 aliphatic rings. The van der Waals surface area contributed by atoms with Crippen LogP contribution in [0.4, 0.5) is 0 Å². The van der Waals surface area contributed by atoms with Crippen molar-refractivity contribution in [3.05, 3.63) is 29.6 Å². The van der Waals surface area contributed by atoms with Crippen LogP contribution in [-0.2, 0) is 11.2 Å². The Hall–Kier alpha value is -1.91. The zero-order chi connectivity index (χ0) is 13.0. The molecule has 2 amide bonds. The standard InChI is InChI=1S/C13H17N3O2/c14-13(18)11-6-4-5-10(15-11)9-12(17)16-7-2-1-3-8-16/h4-6H,1-3,7-9H2,(H2,14,18). The van der Waals surface area contributed by atoms with Crippen LogP contribution in [0.25, 0.3) is 0 Å². The molecule has 0 spiro atoms. The Labute approximate surface area is 106 Å². The van der Waals surface area contributed by atoms with Crippen molar-refractivity contribution in [2.24, 2.45) is 5.73 Å². The maximum Gasteiger partial charge on any atom is 0.267 e. The van der Waals surface area contributed by atoms with Crippen molar-refractivity contribution in [1.29, 1.82) is 0 Å². The van der Waals surface area contributed by atoms with E-state index in [2.05, 4.69) is 4.98 Å². The molecule has 0 radical (unpaired) electrons. The Morgan fingerprint density at radius 3 is 2.61 bits per heavy atom. The van der Waals surface area contributed by atoms with Crippen molar-refractivity contribution in [2.45, 2.75) is 25.7 Å². The van der Waals surface area contributed by atoms with Crippen molar-refractivity contribution in [3.8, 4) is 0 Å². The van der Waals surface area contributed by atoms with E-state index in [9.17, 15) is 9.59 Å². The van der Waals surface area contributed by atoms with Gasteiger partial charge in [-0.05, 0) is 31.4 Å². The van der Waals surface area contributed by atoms with E-state index >= 15 is 0 Å². The Bertz CT molecular complexity index is 453. The first-order valence-electron chi connectivity index (χ1n) is 6.20. The number of nitrogens with zero attached hydrogens (tertiary/aromatic N) is 2. The molecule has 5 heteroatoms. The van der Waals surface area contributed by atoms with Gasteiger partial charge in [-0.15, -0.1) is 0 Å². The summed E-state index contributed by atoms with van der Waals surface area (Å²) in [4.78, 5) is 29.0. The fourth-order valence-electron chi connectivity index (χ4n) is 2.13. The molecular weight excluding hydrogens is 230 g/mol. The van der Waals surface area contributed by atoms with E-state index in [0.717, 1.165) is 25.9 Å². The summed E-state index contributed by atoms with van der Waals surface area (Å²) in [5.41, 5.74) is 5.97. The van der Waals surface area contributed by atoms with E-state index in [1.807, 2.05) is 4.90 Å². The maximum absolute atomic E-state index is 12.0. The summed E-state index contributed by atoms with van der Waals surface area (Å²) in [5, 5.41) is 0. The highest BCUT2D eigenvalue weighted by Gasteiger charge is 2.17. The molecule has 2 heterocycles. The van der Waals surface area contributed by atoms with Crippen LogP contribution < -0.4 is 5.73 Å². The highest BCUT2D eigenvalue weighted by atomic mass is 16.2. The molecule has 2 N–H and O–H groups in total. The third kappa shape index (κ3) is 3.06. The number of likely N-dealkylation sites (tertiary alicyclic amines) is 1. The zero-order valence-electron chi connectivity index (χ0n) is 10.3. The van der Waals surface area contributed by atoms with Gasteiger partial charge in [-0.3, -0.25) is 9.59 Å². The molecule has 2 rings (SSSR count). The summed E-state index contributed by atoms with van der Waals surface area (Å²) in [6.45, 7) is 1.66. The lowest BCUT2D eigenvalue weighted by Crippen LogP contribution is -2.36. The number of nitrogens with two attached hydrogens (primary N) is 1. The van der Waals surface area contributed by atoms with Gasteiger partial charge >= 0.3 is 0 Å². The predicted octanol–water partition coefficient (Wildman–Crippen LogP) is 0.735. The number of piperidine rings is 1. The van der Waals surface area contributed by atoms with Gasteiger partial charge < -0.3 is 10.6 Å². The second-order valence-electron chi connectivity index (χ2n) is 4.50. The Morgan fingerprint density at radius 1 is 1.22 bits per heavy atom. The van der Waals surface area contributed by atoms with E-state index in [4.69, 9.17) is 5.73 Å².